The lowest BCUT2D eigenvalue weighted by molar-refractivity contribution is 0.104. The number of thiophene rings is 1. The van der Waals surface area contributed by atoms with E-state index in [2.05, 4.69) is 70.7 Å². The fourth-order valence-electron chi connectivity index (χ4n) is 7.92. The van der Waals surface area contributed by atoms with Crippen molar-refractivity contribution >= 4 is 35.5 Å². The molecule has 6 rings (SSSR count). The lowest BCUT2D eigenvalue weighted by Crippen LogP contribution is -2.50. The normalized spacial score (nSPS) is 13.7. The molecule has 0 atom stereocenters. The van der Waals surface area contributed by atoms with Crippen molar-refractivity contribution < 1.29 is 23.4 Å². The van der Waals surface area contributed by atoms with Crippen LogP contribution in [-0.2, 0) is 6.61 Å². The van der Waals surface area contributed by atoms with E-state index in [1.807, 2.05) is 66.7 Å². The van der Waals surface area contributed by atoms with Gasteiger partial charge in [0.2, 0.25) is 0 Å². The Morgan fingerprint density at radius 3 is 2.10 bits per heavy atom. The van der Waals surface area contributed by atoms with E-state index in [4.69, 9.17) is 18.6 Å². The van der Waals surface area contributed by atoms with Crippen molar-refractivity contribution in [3.05, 3.63) is 108 Å². The molecule has 1 aliphatic rings. The number of methoxy groups -OCH3 is 1. The molecule has 0 radical (unpaired) electrons. The molecule has 8 heteroatoms. The fraction of sp³-hybridized carbons (Fsp3) is 0.386. The Labute approximate surface area is 314 Å². The maximum atomic E-state index is 14.7. The second-order valence-corrected chi connectivity index (χ2v) is 21.2. The molecule has 4 aromatic carbocycles. The van der Waals surface area contributed by atoms with Gasteiger partial charge in [0.25, 0.3) is 8.32 Å². The Hall–Kier alpha value is -4.11. The molecule has 6 nitrogen and oxygen atoms in total. The number of carbonyl (C=O) groups excluding carboxylic acids is 1. The van der Waals surface area contributed by atoms with Crippen LogP contribution >= 0.6 is 11.3 Å². The van der Waals surface area contributed by atoms with Gasteiger partial charge in [-0.25, -0.2) is 0 Å². The van der Waals surface area contributed by atoms with Crippen molar-refractivity contribution in [2.24, 2.45) is 0 Å². The summed E-state index contributed by atoms with van der Waals surface area (Å²) in [6.07, 6.45) is 2.54. The van der Waals surface area contributed by atoms with E-state index in [0.717, 1.165) is 57.2 Å². The summed E-state index contributed by atoms with van der Waals surface area (Å²) in [4.78, 5) is 18.1. The summed E-state index contributed by atoms with van der Waals surface area (Å²) in [5, 5.41) is 0.896. The van der Waals surface area contributed by atoms with Gasteiger partial charge >= 0.3 is 0 Å². The summed E-state index contributed by atoms with van der Waals surface area (Å²) in [5.41, 5.74) is 4.51. The second kappa shape index (κ2) is 16.7. The van der Waals surface area contributed by atoms with Gasteiger partial charge in [0.05, 0.1) is 7.11 Å². The molecule has 0 saturated carbocycles. The van der Waals surface area contributed by atoms with E-state index in [1.54, 1.807) is 18.4 Å². The molecule has 5 aromatic rings. The molecular weight excluding hydrogens is 683 g/mol. The Kier molecular flexibility index (Phi) is 12.1. The monoisotopic (exact) mass is 735 g/mol. The minimum Gasteiger partial charge on any atom is -0.540 e. The average molecular weight is 736 g/mol. The second-order valence-electron chi connectivity index (χ2n) is 14.8. The average Bonchev–Trinajstić information content (AvgIpc) is 3.81. The number of ketones is 1. The summed E-state index contributed by atoms with van der Waals surface area (Å²) in [6, 6.07) is 30.0. The van der Waals surface area contributed by atoms with Gasteiger partial charge in [-0.3, -0.25) is 9.69 Å². The number of likely N-dealkylation sites (tertiary alicyclic amines) is 1. The molecule has 0 amide bonds. The summed E-state index contributed by atoms with van der Waals surface area (Å²) in [6.45, 7) is 18.0. The van der Waals surface area contributed by atoms with Crippen LogP contribution in [0, 0.1) is 0 Å². The number of nitrogens with zero attached hydrogens (tertiary/aromatic N) is 1. The highest BCUT2D eigenvalue weighted by Crippen LogP contribution is 2.46. The predicted octanol–water partition coefficient (Wildman–Crippen LogP) is 11.4. The van der Waals surface area contributed by atoms with Crippen LogP contribution in [0.15, 0.2) is 91.0 Å². The third-order valence-corrected chi connectivity index (χ3v) is 17.7. The highest BCUT2D eigenvalue weighted by molar-refractivity contribution is 7.22. The van der Waals surface area contributed by atoms with E-state index >= 15 is 0 Å². The molecule has 0 unspecified atom stereocenters. The van der Waals surface area contributed by atoms with Crippen molar-refractivity contribution in [3.8, 4) is 33.4 Å². The largest absolute Gasteiger partial charge is 0.540 e. The summed E-state index contributed by atoms with van der Waals surface area (Å²) < 4.78 is 26.2. The van der Waals surface area contributed by atoms with Crippen LogP contribution in [0.4, 0.5) is 0 Å². The SMILES string of the molecule is COc1cc(C(=O)c2c(-c3ccc(OCCN4CCCC4)cc3)sc3cc(OCc4ccccc4)ccc23)ccc1O[Si](C(C)C)(C(C)C)C(C)C. The molecule has 52 heavy (non-hydrogen) atoms. The highest BCUT2D eigenvalue weighted by Gasteiger charge is 2.47. The Bertz CT molecular complexity index is 1930. The Balaban J connectivity index is 1.34. The Morgan fingerprint density at radius 1 is 0.769 bits per heavy atom. The molecule has 0 spiro atoms. The Morgan fingerprint density at radius 2 is 1.44 bits per heavy atom. The molecule has 1 fully saturated rings. The van der Waals surface area contributed by atoms with Gasteiger partial charge in [-0.2, -0.15) is 0 Å². The molecule has 274 valence electrons. The van der Waals surface area contributed by atoms with Gasteiger partial charge < -0.3 is 18.6 Å². The summed E-state index contributed by atoms with van der Waals surface area (Å²) in [7, 11) is -0.596. The zero-order chi connectivity index (χ0) is 36.8. The molecule has 0 bridgehead atoms. The molecule has 0 aliphatic carbocycles. The van der Waals surface area contributed by atoms with E-state index < -0.39 is 8.32 Å². The molecule has 0 N–H and O–H groups in total. The van der Waals surface area contributed by atoms with Gasteiger partial charge in [-0.05, 0) is 114 Å². The van der Waals surface area contributed by atoms with Crippen LogP contribution in [0.3, 0.4) is 0 Å². The van der Waals surface area contributed by atoms with Crippen LogP contribution in [0.2, 0.25) is 16.6 Å². The molecular formula is C44H53NO5SSi. The van der Waals surface area contributed by atoms with Gasteiger partial charge in [0.1, 0.15) is 30.5 Å². The first-order valence-electron chi connectivity index (χ1n) is 18.7. The maximum absolute atomic E-state index is 14.7. The number of hydrogen-bond acceptors (Lipinski definition) is 7. The van der Waals surface area contributed by atoms with Crippen LogP contribution in [-0.4, -0.2) is 52.4 Å². The lowest BCUT2D eigenvalue weighted by Gasteiger charge is -2.42. The van der Waals surface area contributed by atoms with Crippen LogP contribution in [0.1, 0.15) is 75.9 Å². The van der Waals surface area contributed by atoms with Gasteiger partial charge in [0.15, 0.2) is 11.5 Å². The smallest absolute Gasteiger partial charge is 0.258 e. The van der Waals surface area contributed by atoms with Crippen molar-refractivity contribution in [2.75, 3.05) is 33.4 Å². The third kappa shape index (κ3) is 8.09. The number of rotatable bonds is 16. The zero-order valence-corrected chi connectivity index (χ0v) is 33.6. The summed E-state index contributed by atoms with van der Waals surface area (Å²) >= 11 is 1.61. The minimum atomic E-state index is -2.25. The van der Waals surface area contributed by atoms with Gasteiger partial charge in [-0.15, -0.1) is 11.3 Å². The third-order valence-electron chi connectivity index (χ3n) is 10.5. The molecule has 1 aromatic heterocycles. The van der Waals surface area contributed by atoms with E-state index in [-0.39, 0.29) is 5.78 Å². The topological polar surface area (TPSA) is 57.2 Å². The van der Waals surface area contributed by atoms with Crippen molar-refractivity contribution in [1.29, 1.82) is 0 Å². The molecule has 1 aliphatic heterocycles. The van der Waals surface area contributed by atoms with Crippen LogP contribution < -0.4 is 18.6 Å². The standard InChI is InChI=1S/C44H53NO5SSi/c1-30(2)52(31(3)4,32(5)6)50-39-22-17-35(27-40(39)47-7)43(46)42-38-21-20-37(49-29-33-13-9-8-10-14-33)28-41(38)51-44(42)34-15-18-36(19-16-34)48-26-25-45-23-11-12-24-45/h8-10,13-22,27-28,30-32H,11-12,23-26,29H2,1-7H3. The fourth-order valence-corrected chi connectivity index (χ4v) is 14.4. The molecule has 1 saturated heterocycles. The maximum Gasteiger partial charge on any atom is 0.258 e. The quantitative estimate of drug-likeness (QED) is 0.0743. The first-order valence-corrected chi connectivity index (χ1v) is 21.7. The van der Waals surface area contributed by atoms with Crippen LogP contribution in [0.25, 0.3) is 20.5 Å². The first-order chi connectivity index (χ1) is 25.1. The van der Waals surface area contributed by atoms with Crippen molar-refractivity contribution in [2.45, 2.75) is 77.6 Å². The lowest BCUT2D eigenvalue weighted by atomic mass is 9.97. The van der Waals surface area contributed by atoms with Gasteiger partial charge in [0, 0.05) is 32.6 Å². The van der Waals surface area contributed by atoms with Crippen molar-refractivity contribution in [3.63, 3.8) is 0 Å². The van der Waals surface area contributed by atoms with E-state index in [0.29, 0.717) is 52.5 Å². The van der Waals surface area contributed by atoms with Crippen molar-refractivity contribution in [1.82, 2.24) is 4.90 Å². The number of ether oxygens (including phenoxy) is 3. The minimum absolute atomic E-state index is 0.0601. The van der Waals surface area contributed by atoms with Crippen LogP contribution in [0.5, 0.6) is 23.0 Å². The zero-order valence-electron chi connectivity index (χ0n) is 31.7. The van der Waals surface area contributed by atoms with E-state index in [9.17, 15) is 4.79 Å². The number of fused-ring (bicyclic) bond motifs is 1. The first kappa shape index (κ1) is 37.6. The predicted molar refractivity (Wildman–Crippen MR) is 217 cm³/mol. The van der Waals surface area contributed by atoms with Gasteiger partial charge in [-0.1, -0.05) is 71.9 Å². The highest BCUT2D eigenvalue weighted by atomic mass is 32.1. The number of hydrogen-bond donors (Lipinski definition) is 0. The van der Waals surface area contributed by atoms with E-state index in [1.165, 1.54) is 12.8 Å². The summed E-state index contributed by atoms with van der Waals surface area (Å²) in [5.74, 6) is 2.82. The number of benzene rings is 4. The number of carbonyl (C=O) groups is 1. The molecule has 2 heterocycles.